The van der Waals surface area contributed by atoms with Gasteiger partial charge < -0.3 is 9.26 Å². The lowest BCUT2D eigenvalue weighted by Crippen LogP contribution is -2.16. The van der Waals surface area contributed by atoms with E-state index < -0.39 is 38.7 Å². The van der Waals surface area contributed by atoms with Crippen molar-refractivity contribution in [1.82, 2.24) is 19.9 Å². The van der Waals surface area contributed by atoms with E-state index in [9.17, 15) is 26.4 Å². The predicted octanol–water partition coefficient (Wildman–Crippen LogP) is 3.35. The normalized spacial score (nSPS) is 12.2. The number of nitrogens with zero attached hydrogens (tertiary/aromatic N) is 4. The number of esters is 1. The molecule has 9 nitrogen and oxygen atoms in total. The molecule has 0 radical (unpaired) electrons. The Kier molecular flexibility index (Phi) is 6.23. The number of sulfone groups is 1. The van der Waals surface area contributed by atoms with Gasteiger partial charge in [-0.3, -0.25) is 4.79 Å². The molecule has 14 heteroatoms. The SMILES string of the molecule is CCOC(=O)Cn1nc(C(F)(F)F)c(Br)c1-c1noc(-c2cccc(S(C)(=O)=O)c2)n1. The molecule has 0 spiro atoms. The maximum absolute atomic E-state index is 13.3. The van der Waals surface area contributed by atoms with Crippen LogP contribution in [0.2, 0.25) is 0 Å². The van der Waals surface area contributed by atoms with Crippen LogP contribution in [-0.4, -0.2) is 47.2 Å². The van der Waals surface area contributed by atoms with Gasteiger partial charge in [-0.1, -0.05) is 11.2 Å². The molecule has 3 rings (SSSR count). The highest BCUT2D eigenvalue weighted by Gasteiger charge is 2.40. The molecule has 0 amide bonds. The average molecular weight is 523 g/mol. The van der Waals surface area contributed by atoms with E-state index in [-0.39, 0.29) is 34.5 Å². The van der Waals surface area contributed by atoms with Crippen LogP contribution in [0, 0.1) is 0 Å². The minimum absolute atomic E-state index is 0.00218. The summed E-state index contributed by atoms with van der Waals surface area (Å²) in [5, 5.41) is 7.13. The lowest BCUT2D eigenvalue weighted by atomic mass is 10.2. The van der Waals surface area contributed by atoms with Gasteiger partial charge >= 0.3 is 12.1 Å². The minimum Gasteiger partial charge on any atom is -0.465 e. The van der Waals surface area contributed by atoms with E-state index in [0.29, 0.717) is 0 Å². The van der Waals surface area contributed by atoms with Crippen molar-refractivity contribution in [2.45, 2.75) is 24.5 Å². The summed E-state index contributed by atoms with van der Waals surface area (Å²) in [6, 6.07) is 5.62. The van der Waals surface area contributed by atoms with Crippen molar-refractivity contribution in [2.75, 3.05) is 12.9 Å². The van der Waals surface area contributed by atoms with E-state index in [2.05, 4.69) is 31.2 Å². The van der Waals surface area contributed by atoms with E-state index in [1.807, 2.05) is 0 Å². The molecule has 0 fully saturated rings. The van der Waals surface area contributed by atoms with Crippen LogP contribution in [0.3, 0.4) is 0 Å². The number of ether oxygens (including phenoxy) is 1. The zero-order valence-electron chi connectivity index (χ0n) is 16.0. The summed E-state index contributed by atoms with van der Waals surface area (Å²) >= 11 is 2.85. The van der Waals surface area contributed by atoms with Gasteiger partial charge in [0.15, 0.2) is 15.5 Å². The lowest BCUT2D eigenvalue weighted by molar-refractivity contribution is -0.146. The van der Waals surface area contributed by atoms with Gasteiger partial charge in [-0.2, -0.15) is 23.3 Å². The molecule has 1 aromatic carbocycles. The van der Waals surface area contributed by atoms with Crippen molar-refractivity contribution >= 4 is 31.7 Å². The highest BCUT2D eigenvalue weighted by molar-refractivity contribution is 9.10. The molecule has 0 aliphatic heterocycles. The quantitative estimate of drug-likeness (QED) is 0.452. The zero-order chi connectivity index (χ0) is 23.0. The molecule has 2 heterocycles. The largest absolute Gasteiger partial charge is 0.465 e. The lowest BCUT2D eigenvalue weighted by Gasteiger charge is -2.04. The molecule has 0 N–H and O–H groups in total. The van der Waals surface area contributed by atoms with Crippen LogP contribution in [0.1, 0.15) is 12.6 Å². The monoisotopic (exact) mass is 522 g/mol. The number of alkyl halides is 3. The molecule has 0 aliphatic rings. The van der Waals surface area contributed by atoms with Crippen LogP contribution in [-0.2, 0) is 32.1 Å². The van der Waals surface area contributed by atoms with Crippen LogP contribution in [0.25, 0.3) is 23.0 Å². The first-order chi connectivity index (χ1) is 14.4. The second-order valence-electron chi connectivity index (χ2n) is 6.19. The second-order valence-corrected chi connectivity index (χ2v) is 9.00. The minimum atomic E-state index is -4.82. The Morgan fingerprint density at radius 3 is 2.65 bits per heavy atom. The molecule has 2 aromatic heterocycles. The van der Waals surface area contributed by atoms with Crippen LogP contribution < -0.4 is 0 Å². The van der Waals surface area contributed by atoms with Crippen molar-refractivity contribution in [3.8, 4) is 23.0 Å². The molecule has 166 valence electrons. The van der Waals surface area contributed by atoms with E-state index in [1.54, 1.807) is 6.92 Å². The second kappa shape index (κ2) is 8.42. The van der Waals surface area contributed by atoms with Crippen molar-refractivity contribution in [3.63, 3.8) is 0 Å². The number of benzene rings is 1. The topological polar surface area (TPSA) is 117 Å². The Morgan fingerprint density at radius 2 is 2.03 bits per heavy atom. The molecule has 31 heavy (non-hydrogen) atoms. The van der Waals surface area contributed by atoms with Crippen molar-refractivity contribution in [1.29, 1.82) is 0 Å². The molecule has 0 bridgehead atoms. The van der Waals surface area contributed by atoms with Crippen LogP contribution >= 0.6 is 15.9 Å². The molecular formula is C17H14BrF3N4O5S. The summed E-state index contributed by atoms with van der Waals surface area (Å²) in [7, 11) is -3.51. The summed E-state index contributed by atoms with van der Waals surface area (Å²) < 4.78 is 73.6. The van der Waals surface area contributed by atoms with Crippen molar-refractivity contribution < 1.29 is 35.6 Å². The standard InChI is InChI=1S/C17H14BrF3N4O5S/c1-3-29-11(26)8-25-13(12(18)14(23-25)17(19,20)21)15-22-16(30-24-15)9-5-4-6-10(7-9)31(2,27)28/h4-7H,3,8H2,1-2H3. The highest BCUT2D eigenvalue weighted by Crippen LogP contribution is 2.39. The maximum atomic E-state index is 13.3. The van der Waals surface area contributed by atoms with E-state index in [0.717, 1.165) is 10.9 Å². The number of hydrogen-bond donors (Lipinski definition) is 0. The van der Waals surface area contributed by atoms with E-state index >= 15 is 0 Å². The first kappa shape index (κ1) is 22.9. The Morgan fingerprint density at radius 1 is 1.32 bits per heavy atom. The fourth-order valence-electron chi connectivity index (χ4n) is 2.57. The summed E-state index contributed by atoms with van der Waals surface area (Å²) in [5.74, 6) is -1.24. The fourth-order valence-corrected chi connectivity index (χ4v) is 3.93. The fraction of sp³-hybridized carbons (Fsp3) is 0.294. The Balaban J connectivity index is 2.08. The molecule has 0 saturated carbocycles. The van der Waals surface area contributed by atoms with Crippen molar-refractivity contribution in [2.24, 2.45) is 0 Å². The van der Waals surface area contributed by atoms with Gasteiger partial charge in [0.05, 0.1) is 16.0 Å². The Bertz CT molecular complexity index is 1240. The molecule has 0 unspecified atom stereocenters. The van der Waals surface area contributed by atoms with E-state index in [4.69, 9.17) is 9.26 Å². The van der Waals surface area contributed by atoms with Crippen LogP contribution in [0.15, 0.2) is 38.2 Å². The number of hydrogen-bond acceptors (Lipinski definition) is 8. The van der Waals surface area contributed by atoms with Gasteiger partial charge in [-0.15, -0.1) is 0 Å². The molecule has 0 atom stereocenters. The summed E-state index contributed by atoms with van der Waals surface area (Å²) in [4.78, 5) is 15.9. The smallest absolute Gasteiger partial charge is 0.436 e. The summed E-state index contributed by atoms with van der Waals surface area (Å²) in [6.07, 6.45) is -3.79. The molecule has 3 aromatic rings. The van der Waals surface area contributed by atoms with Gasteiger partial charge in [0, 0.05) is 11.8 Å². The third kappa shape index (κ3) is 4.95. The van der Waals surface area contributed by atoms with Crippen LogP contribution in [0.4, 0.5) is 13.2 Å². The summed E-state index contributed by atoms with van der Waals surface area (Å²) in [6.45, 7) is 0.964. The first-order valence-electron chi connectivity index (χ1n) is 8.55. The van der Waals surface area contributed by atoms with Crippen LogP contribution in [0.5, 0.6) is 0 Å². The first-order valence-corrected chi connectivity index (χ1v) is 11.2. The van der Waals surface area contributed by atoms with Gasteiger partial charge in [0.25, 0.3) is 5.89 Å². The average Bonchev–Trinajstić information content (AvgIpc) is 3.25. The molecule has 0 saturated heterocycles. The zero-order valence-corrected chi connectivity index (χ0v) is 18.4. The number of carbonyl (C=O) groups excluding carboxylic acids is 1. The van der Waals surface area contributed by atoms with Gasteiger partial charge in [0.2, 0.25) is 5.82 Å². The van der Waals surface area contributed by atoms with Gasteiger partial charge in [-0.05, 0) is 41.1 Å². The predicted molar refractivity (Wildman–Crippen MR) is 103 cm³/mol. The molecule has 0 aliphatic carbocycles. The Hall–Kier alpha value is -2.74. The number of rotatable bonds is 6. The van der Waals surface area contributed by atoms with Gasteiger partial charge in [-0.25, -0.2) is 13.1 Å². The third-order valence-corrected chi connectivity index (χ3v) is 5.76. The van der Waals surface area contributed by atoms with Crippen molar-refractivity contribution in [3.05, 3.63) is 34.4 Å². The summed E-state index contributed by atoms with van der Waals surface area (Å²) in [5.41, 5.74) is -1.29. The third-order valence-electron chi connectivity index (χ3n) is 3.89. The van der Waals surface area contributed by atoms with E-state index in [1.165, 1.54) is 24.3 Å². The highest BCUT2D eigenvalue weighted by atomic mass is 79.9. The number of halogens is 4. The molecular weight excluding hydrogens is 509 g/mol. The Labute approximate surface area is 182 Å². The number of aromatic nitrogens is 4. The maximum Gasteiger partial charge on any atom is 0.436 e. The number of carbonyl (C=O) groups is 1. The van der Waals surface area contributed by atoms with Gasteiger partial charge in [0.1, 0.15) is 12.2 Å².